The minimum atomic E-state index is -0.428. The highest BCUT2D eigenvalue weighted by atomic mass is 35.5. The van der Waals surface area contributed by atoms with Gasteiger partial charge in [-0.3, -0.25) is 4.79 Å². The minimum absolute atomic E-state index is 0.320. The molecule has 1 aromatic heterocycles. The van der Waals surface area contributed by atoms with Crippen molar-refractivity contribution in [1.29, 1.82) is 0 Å². The van der Waals surface area contributed by atoms with Crippen molar-refractivity contribution >= 4 is 40.8 Å². The maximum absolute atomic E-state index is 11.0. The Bertz CT molecular complexity index is 602. The molecule has 0 fully saturated rings. The molecule has 0 saturated heterocycles. The van der Waals surface area contributed by atoms with Gasteiger partial charge in [0.25, 0.3) is 0 Å². The number of anilines is 2. The summed E-state index contributed by atoms with van der Waals surface area (Å²) in [5, 5.41) is 3.82. The highest BCUT2D eigenvalue weighted by molar-refractivity contribution is 6.31. The van der Waals surface area contributed by atoms with E-state index in [1.807, 2.05) is 0 Å². The van der Waals surface area contributed by atoms with Gasteiger partial charge in [-0.15, -0.1) is 0 Å². The third kappa shape index (κ3) is 3.81. The SMILES string of the molecule is CC(=O)Oc1ccc(Cl)cc1Nc1ncc(Cl)cn1. The van der Waals surface area contributed by atoms with Crippen molar-refractivity contribution in [3.05, 3.63) is 40.6 Å². The molecule has 0 bridgehead atoms. The molecule has 0 unspecified atom stereocenters. The zero-order valence-corrected chi connectivity index (χ0v) is 11.4. The first-order valence-electron chi connectivity index (χ1n) is 5.27. The van der Waals surface area contributed by atoms with E-state index in [1.165, 1.54) is 19.3 Å². The number of hydrogen-bond donors (Lipinski definition) is 1. The van der Waals surface area contributed by atoms with Gasteiger partial charge in [0, 0.05) is 11.9 Å². The summed E-state index contributed by atoms with van der Waals surface area (Å²) in [6.45, 7) is 1.32. The van der Waals surface area contributed by atoms with Crippen molar-refractivity contribution in [2.24, 2.45) is 0 Å². The number of aromatic nitrogens is 2. The van der Waals surface area contributed by atoms with Gasteiger partial charge >= 0.3 is 5.97 Å². The van der Waals surface area contributed by atoms with Gasteiger partial charge in [-0.05, 0) is 18.2 Å². The normalized spacial score (nSPS) is 10.1. The molecule has 0 aliphatic heterocycles. The second kappa shape index (κ2) is 5.86. The quantitative estimate of drug-likeness (QED) is 0.694. The summed E-state index contributed by atoms with van der Waals surface area (Å²) in [5.74, 6) is 0.234. The molecule has 2 aromatic rings. The molecular formula is C12H9Cl2N3O2. The Kier molecular flexibility index (Phi) is 4.19. The van der Waals surface area contributed by atoms with Crippen molar-refractivity contribution in [3.8, 4) is 5.75 Å². The smallest absolute Gasteiger partial charge is 0.308 e. The lowest BCUT2D eigenvalue weighted by Crippen LogP contribution is -2.05. The maximum atomic E-state index is 11.0. The van der Waals surface area contributed by atoms with E-state index < -0.39 is 5.97 Å². The number of benzene rings is 1. The predicted molar refractivity (Wildman–Crippen MR) is 73.1 cm³/mol. The maximum Gasteiger partial charge on any atom is 0.308 e. The highest BCUT2D eigenvalue weighted by Gasteiger charge is 2.08. The molecule has 2 rings (SSSR count). The number of halogens is 2. The zero-order valence-electron chi connectivity index (χ0n) is 9.85. The Balaban J connectivity index is 2.29. The van der Waals surface area contributed by atoms with Crippen LogP contribution in [0.5, 0.6) is 5.75 Å². The van der Waals surface area contributed by atoms with E-state index in [0.29, 0.717) is 27.4 Å². The number of nitrogens with one attached hydrogen (secondary N) is 1. The number of esters is 1. The fourth-order valence-corrected chi connectivity index (χ4v) is 1.61. The molecule has 0 aliphatic rings. The summed E-state index contributed by atoms with van der Waals surface area (Å²) in [6.07, 6.45) is 2.90. The number of hydrogen-bond acceptors (Lipinski definition) is 5. The number of ether oxygens (including phenoxy) is 1. The molecule has 7 heteroatoms. The molecule has 0 radical (unpaired) electrons. The van der Waals surface area contributed by atoms with Crippen LogP contribution in [0.4, 0.5) is 11.6 Å². The summed E-state index contributed by atoms with van der Waals surface area (Å²) in [5.41, 5.74) is 0.491. The molecule has 0 saturated carbocycles. The van der Waals surface area contributed by atoms with E-state index in [4.69, 9.17) is 27.9 Å². The van der Waals surface area contributed by atoms with E-state index in [2.05, 4.69) is 15.3 Å². The number of nitrogens with zero attached hydrogens (tertiary/aromatic N) is 2. The first kappa shape index (κ1) is 13.6. The average Bonchev–Trinajstić information content (AvgIpc) is 2.35. The van der Waals surface area contributed by atoms with E-state index in [9.17, 15) is 4.79 Å². The van der Waals surface area contributed by atoms with Gasteiger partial charge in [0.05, 0.1) is 23.1 Å². The van der Waals surface area contributed by atoms with Crippen LogP contribution in [-0.2, 0) is 4.79 Å². The zero-order chi connectivity index (χ0) is 13.8. The number of carbonyl (C=O) groups excluding carboxylic acids is 1. The lowest BCUT2D eigenvalue weighted by atomic mass is 10.3. The Morgan fingerprint density at radius 3 is 2.53 bits per heavy atom. The fraction of sp³-hybridized carbons (Fsp3) is 0.0833. The summed E-state index contributed by atoms with van der Waals surface area (Å²) < 4.78 is 5.05. The van der Waals surface area contributed by atoms with Gasteiger partial charge in [0.1, 0.15) is 0 Å². The second-order valence-corrected chi connectivity index (χ2v) is 4.46. The molecule has 98 valence electrons. The third-order valence-corrected chi connectivity index (χ3v) is 2.49. The summed E-state index contributed by atoms with van der Waals surface area (Å²) in [6, 6.07) is 4.81. The topological polar surface area (TPSA) is 64.1 Å². The van der Waals surface area contributed by atoms with Crippen LogP contribution in [-0.4, -0.2) is 15.9 Å². The molecule has 0 amide bonds. The van der Waals surface area contributed by atoms with Crippen molar-refractivity contribution in [3.63, 3.8) is 0 Å². The number of rotatable bonds is 3. The van der Waals surface area contributed by atoms with E-state index in [-0.39, 0.29) is 0 Å². The Morgan fingerprint density at radius 1 is 1.21 bits per heavy atom. The summed E-state index contributed by atoms with van der Waals surface area (Å²) in [7, 11) is 0. The van der Waals surface area contributed by atoms with Crippen LogP contribution in [0.25, 0.3) is 0 Å². The van der Waals surface area contributed by atoms with Crippen molar-refractivity contribution in [1.82, 2.24) is 9.97 Å². The predicted octanol–water partition coefficient (Wildman–Crippen LogP) is 3.45. The molecular weight excluding hydrogens is 289 g/mol. The molecule has 0 atom stereocenters. The van der Waals surface area contributed by atoms with Gasteiger partial charge in [-0.25, -0.2) is 9.97 Å². The summed E-state index contributed by atoms with van der Waals surface area (Å²) >= 11 is 11.6. The van der Waals surface area contributed by atoms with Crippen LogP contribution in [0.15, 0.2) is 30.6 Å². The van der Waals surface area contributed by atoms with Gasteiger partial charge in [0.2, 0.25) is 5.95 Å². The lowest BCUT2D eigenvalue weighted by molar-refractivity contribution is -0.131. The summed E-state index contributed by atoms with van der Waals surface area (Å²) in [4.78, 5) is 19.0. The Hall–Kier alpha value is -1.85. The van der Waals surface area contributed by atoms with Gasteiger partial charge in [-0.2, -0.15) is 0 Å². The van der Waals surface area contributed by atoms with Crippen molar-refractivity contribution < 1.29 is 9.53 Å². The van der Waals surface area contributed by atoms with E-state index in [0.717, 1.165) is 0 Å². The van der Waals surface area contributed by atoms with Crippen LogP contribution in [0.2, 0.25) is 10.0 Å². The van der Waals surface area contributed by atoms with Crippen LogP contribution in [0.3, 0.4) is 0 Å². The third-order valence-electron chi connectivity index (χ3n) is 2.06. The Labute approximate surface area is 119 Å². The first-order chi connectivity index (χ1) is 9.04. The Morgan fingerprint density at radius 2 is 1.89 bits per heavy atom. The van der Waals surface area contributed by atoms with Crippen LogP contribution in [0.1, 0.15) is 6.92 Å². The lowest BCUT2D eigenvalue weighted by Gasteiger charge is -2.10. The monoisotopic (exact) mass is 297 g/mol. The van der Waals surface area contributed by atoms with Crippen LogP contribution in [0, 0.1) is 0 Å². The second-order valence-electron chi connectivity index (χ2n) is 3.58. The molecule has 1 heterocycles. The molecule has 0 spiro atoms. The molecule has 5 nitrogen and oxygen atoms in total. The largest absolute Gasteiger partial charge is 0.424 e. The fourth-order valence-electron chi connectivity index (χ4n) is 1.34. The minimum Gasteiger partial charge on any atom is -0.424 e. The van der Waals surface area contributed by atoms with Gasteiger partial charge in [-0.1, -0.05) is 23.2 Å². The highest BCUT2D eigenvalue weighted by Crippen LogP contribution is 2.30. The first-order valence-corrected chi connectivity index (χ1v) is 6.03. The van der Waals surface area contributed by atoms with Crippen molar-refractivity contribution in [2.45, 2.75) is 6.92 Å². The van der Waals surface area contributed by atoms with Crippen LogP contribution < -0.4 is 10.1 Å². The average molecular weight is 298 g/mol. The van der Waals surface area contributed by atoms with Gasteiger partial charge < -0.3 is 10.1 Å². The van der Waals surface area contributed by atoms with Crippen molar-refractivity contribution in [2.75, 3.05) is 5.32 Å². The number of carbonyl (C=O) groups is 1. The van der Waals surface area contributed by atoms with E-state index >= 15 is 0 Å². The molecule has 19 heavy (non-hydrogen) atoms. The van der Waals surface area contributed by atoms with E-state index in [1.54, 1.807) is 18.2 Å². The standard InChI is InChI=1S/C12H9Cl2N3O2/c1-7(18)19-11-3-2-8(13)4-10(11)17-12-15-5-9(14)6-16-12/h2-6H,1H3,(H,15,16,17). The molecule has 0 aliphatic carbocycles. The molecule has 1 aromatic carbocycles. The van der Waals surface area contributed by atoms with Gasteiger partial charge in [0.15, 0.2) is 5.75 Å². The van der Waals surface area contributed by atoms with Crippen LogP contribution >= 0.6 is 23.2 Å². The molecule has 1 N–H and O–H groups in total.